The summed E-state index contributed by atoms with van der Waals surface area (Å²) in [4.78, 5) is 26.7. The molecule has 130 valence electrons. The number of likely N-dealkylation sites (N-methyl/N-ethyl adjacent to an activating group) is 1. The second-order valence-corrected chi connectivity index (χ2v) is 6.24. The van der Waals surface area contributed by atoms with Gasteiger partial charge in [0.05, 0.1) is 5.69 Å². The molecule has 0 aliphatic carbocycles. The van der Waals surface area contributed by atoms with Gasteiger partial charge in [0.25, 0.3) is 17.4 Å². The Kier molecular flexibility index (Phi) is 4.20. The zero-order valence-corrected chi connectivity index (χ0v) is 14.3. The number of amides is 2. The number of ether oxygens (including phenoxy) is 1. The summed E-state index contributed by atoms with van der Waals surface area (Å²) < 4.78 is 19.4. The minimum absolute atomic E-state index is 0.0256. The van der Waals surface area contributed by atoms with E-state index in [1.165, 1.54) is 17.9 Å². The van der Waals surface area contributed by atoms with Crippen LogP contribution in [-0.2, 0) is 16.1 Å². The minimum Gasteiger partial charge on any atom is -0.466 e. The molecule has 25 heavy (non-hydrogen) atoms. The van der Waals surface area contributed by atoms with Crippen molar-refractivity contribution in [2.45, 2.75) is 26.0 Å². The van der Waals surface area contributed by atoms with E-state index in [-0.39, 0.29) is 6.54 Å². The van der Waals surface area contributed by atoms with E-state index in [9.17, 15) is 14.0 Å². The molecule has 1 atom stereocenters. The highest BCUT2D eigenvalue weighted by atomic mass is 19.1. The number of carbonyl (C=O) groups excluding carboxylic acids is 2. The van der Waals surface area contributed by atoms with Crippen LogP contribution in [0.4, 0.5) is 10.1 Å². The monoisotopic (exact) mass is 342 g/mol. The summed E-state index contributed by atoms with van der Waals surface area (Å²) in [6.45, 7) is 3.31. The van der Waals surface area contributed by atoms with E-state index < -0.39 is 23.2 Å². The van der Waals surface area contributed by atoms with Gasteiger partial charge in [-0.1, -0.05) is 24.3 Å². The number of benzene rings is 2. The van der Waals surface area contributed by atoms with Crippen LogP contribution in [0.5, 0.6) is 5.75 Å². The molecule has 0 radical (unpaired) electrons. The molecule has 0 saturated heterocycles. The van der Waals surface area contributed by atoms with Crippen molar-refractivity contribution >= 4 is 17.5 Å². The number of hydrogen-bond donors (Lipinski definition) is 1. The van der Waals surface area contributed by atoms with Crippen molar-refractivity contribution in [3.8, 4) is 5.75 Å². The number of aryl methyl sites for hydroxylation is 1. The van der Waals surface area contributed by atoms with E-state index in [2.05, 4.69) is 5.32 Å². The van der Waals surface area contributed by atoms with Crippen molar-refractivity contribution in [3.63, 3.8) is 0 Å². The van der Waals surface area contributed by atoms with Crippen LogP contribution in [0.1, 0.15) is 18.1 Å². The van der Waals surface area contributed by atoms with Crippen LogP contribution >= 0.6 is 0 Å². The van der Waals surface area contributed by atoms with Crippen molar-refractivity contribution in [2.75, 3.05) is 11.9 Å². The second-order valence-electron chi connectivity index (χ2n) is 6.24. The molecule has 1 unspecified atom stereocenters. The lowest BCUT2D eigenvalue weighted by Gasteiger charge is -2.38. The van der Waals surface area contributed by atoms with Gasteiger partial charge in [0.15, 0.2) is 0 Å². The van der Waals surface area contributed by atoms with Crippen molar-refractivity contribution in [3.05, 3.63) is 59.4 Å². The van der Waals surface area contributed by atoms with Gasteiger partial charge in [-0.05, 0) is 37.6 Å². The Morgan fingerprint density at radius 3 is 2.72 bits per heavy atom. The molecule has 2 aromatic rings. The predicted octanol–water partition coefficient (Wildman–Crippen LogP) is 2.56. The SMILES string of the molecule is Cc1ccc2c(c1)N(C)C(=O)C(C)(C(=O)NCc1ccccc1F)O2. The molecule has 5 nitrogen and oxygen atoms in total. The van der Waals surface area contributed by atoms with Crippen LogP contribution in [0.2, 0.25) is 0 Å². The molecular formula is C19H19FN2O3. The summed E-state index contributed by atoms with van der Waals surface area (Å²) in [6, 6.07) is 11.5. The molecule has 6 heteroatoms. The second kappa shape index (κ2) is 6.20. The normalized spacial score (nSPS) is 19.2. The Labute approximate surface area is 145 Å². The first-order valence-electron chi connectivity index (χ1n) is 7.92. The lowest BCUT2D eigenvalue weighted by molar-refractivity contribution is -0.148. The summed E-state index contributed by atoms with van der Waals surface area (Å²) >= 11 is 0. The molecule has 1 aliphatic rings. The van der Waals surface area contributed by atoms with Crippen molar-refractivity contribution < 1.29 is 18.7 Å². The molecule has 1 aliphatic heterocycles. The lowest BCUT2D eigenvalue weighted by atomic mass is 9.99. The standard InChI is InChI=1S/C19H19FN2O3/c1-12-8-9-16-15(10-12)22(3)18(24)19(2,25-16)17(23)21-11-13-6-4-5-7-14(13)20/h4-10H,11H2,1-3H3,(H,21,23). The summed E-state index contributed by atoms with van der Waals surface area (Å²) in [5.41, 5.74) is 0.230. The molecule has 2 aromatic carbocycles. The molecule has 1 N–H and O–H groups in total. The number of nitrogens with zero attached hydrogens (tertiary/aromatic N) is 1. The summed E-state index contributed by atoms with van der Waals surface area (Å²) in [5, 5.41) is 2.59. The first-order valence-corrected chi connectivity index (χ1v) is 7.92. The van der Waals surface area contributed by atoms with Crippen molar-refractivity contribution in [1.82, 2.24) is 5.32 Å². The first-order chi connectivity index (χ1) is 11.8. The van der Waals surface area contributed by atoms with Gasteiger partial charge in [0, 0.05) is 19.2 Å². The third-order valence-electron chi connectivity index (χ3n) is 4.33. The first kappa shape index (κ1) is 17.0. The van der Waals surface area contributed by atoms with E-state index in [0.29, 0.717) is 17.0 Å². The molecule has 0 saturated carbocycles. The molecule has 1 heterocycles. The average Bonchev–Trinajstić information content (AvgIpc) is 2.59. The third kappa shape index (κ3) is 2.95. The van der Waals surface area contributed by atoms with Crippen LogP contribution < -0.4 is 15.0 Å². The molecule has 0 aromatic heterocycles. The quantitative estimate of drug-likeness (QED) is 0.872. The van der Waals surface area contributed by atoms with Crippen LogP contribution in [0.15, 0.2) is 42.5 Å². The van der Waals surface area contributed by atoms with Gasteiger partial charge < -0.3 is 15.0 Å². The number of nitrogens with one attached hydrogen (secondary N) is 1. The van der Waals surface area contributed by atoms with E-state index in [4.69, 9.17) is 4.74 Å². The summed E-state index contributed by atoms with van der Waals surface area (Å²) in [5.74, 6) is -1.05. The van der Waals surface area contributed by atoms with Crippen LogP contribution in [0.25, 0.3) is 0 Å². The van der Waals surface area contributed by atoms with Gasteiger partial charge in [-0.25, -0.2) is 4.39 Å². The van der Waals surface area contributed by atoms with Crippen molar-refractivity contribution in [2.24, 2.45) is 0 Å². The Bertz CT molecular complexity index is 852. The fourth-order valence-electron chi connectivity index (χ4n) is 2.80. The fourth-order valence-corrected chi connectivity index (χ4v) is 2.80. The fraction of sp³-hybridized carbons (Fsp3) is 0.263. The minimum atomic E-state index is -1.71. The highest BCUT2D eigenvalue weighted by Gasteiger charge is 2.49. The van der Waals surface area contributed by atoms with Crippen LogP contribution in [-0.4, -0.2) is 24.5 Å². The maximum absolute atomic E-state index is 13.7. The summed E-state index contributed by atoms with van der Waals surface area (Å²) in [6.07, 6.45) is 0. The number of carbonyl (C=O) groups is 2. The van der Waals surface area contributed by atoms with E-state index in [1.807, 2.05) is 19.1 Å². The van der Waals surface area contributed by atoms with Crippen molar-refractivity contribution in [1.29, 1.82) is 0 Å². The number of anilines is 1. The van der Waals surface area contributed by atoms with Gasteiger partial charge in [-0.2, -0.15) is 0 Å². The van der Waals surface area contributed by atoms with Gasteiger partial charge in [0.2, 0.25) is 0 Å². The van der Waals surface area contributed by atoms with Gasteiger partial charge in [-0.3, -0.25) is 9.59 Å². The number of hydrogen-bond acceptors (Lipinski definition) is 3. The molecule has 0 spiro atoms. The van der Waals surface area contributed by atoms with E-state index in [1.54, 1.807) is 31.3 Å². The molecule has 0 bridgehead atoms. The maximum atomic E-state index is 13.7. The zero-order chi connectivity index (χ0) is 18.2. The molecule has 3 rings (SSSR count). The highest BCUT2D eigenvalue weighted by molar-refractivity contribution is 6.16. The lowest BCUT2D eigenvalue weighted by Crippen LogP contribution is -2.61. The van der Waals surface area contributed by atoms with Gasteiger partial charge >= 0.3 is 0 Å². The highest BCUT2D eigenvalue weighted by Crippen LogP contribution is 2.37. The number of rotatable bonds is 3. The van der Waals surface area contributed by atoms with Crippen LogP contribution in [0, 0.1) is 12.7 Å². The zero-order valence-electron chi connectivity index (χ0n) is 14.3. The summed E-state index contributed by atoms with van der Waals surface area (Å²) in [7, 11) is 1.60. The molecular weight excluding hydrogens is 323 g/mol. The molecule has 2 amide bonds. The Hall–Kier alpha value is -2.89. The molecule has 0 fully saturated rings. The van der Waals surface area contributed by atoms with Gasteiger partial charge in [-0.15, -0.1) is 0 Å². The van der Waals surface area contributed by atoms with Gasteiger partial charge in [0.1, 0.15) is 11.6 Å². The number of fused-ring (bicyclic) bond motifs is 1. The Morgan fingerprint density at radius 2 is 2.00 bits per heavy atom. The smallest absolute Gasteiger partial charge is 0.280 e. The van der Waals surface area contributed by atoms with E-state index in [0.717, 1.165) is 5.56 Å². The predicted molar refractivity (Wildman–Crippen MR) is 91.9 cm³/mol. The largest absolute Gasteiger partial charge is 0.466 e. The topological polar surface area (TPSA) is 58.6 Å². The Balaban J connectivity index is 1.83. The maximum Gasteiger partial charge on any atom is 0.280 e. The number of halogens is 1. The average molecular weight is 342 g/mol. The Morgan fingerprint density at radius 1 is 1.28 bits per heavy atom. The van der Waals surface area contributed by atoms with Crippen LogP contribution in [0.3, 0.4) is 0 Å². The third-order valence-corrected chi connectivity index (χ3v) is 4.33. The van der Waals surface area contributed by atoms with E-state index >= 15 is 0 Å².